The average molecular weight is 535 g/mol. The monoisotopic (exact) mass is 534 g/mol. The van der Waals surface area contributed by atoms with Crippen LogP contribution in [0, 0.1) is 6.92 Å². The van der Waals surface area contributed by atoms with E-state index in [9.17, 15) is 13.2 Å². The van der Waals surface area contributed by atoms with Gasteiger partial charge in [-0.2, -0.15) is 4.98 Å². The number of aromatic nitrogens is 3. The number of hydrogen-bond acceptors (Lipinski definition) is 6. The van der Waals surface area contributed by atoms with Crippen LogP contribution in [0.4, 0.5) is 17.6 Å². The molecule has 1 aromatic heterocycles. The summed E-state index contributed by atoms with van der Waals surface area (Å²) in [6.45, 7) is 3.39. The molecule has 11 heteroatoms. The van der Waals surface area contributed by atoms with Gasteiger partial charge in [-0.15, -0.1) is 5.10 Å². The molecule has 0 spiro atoms. The predicted molar refractivity (Wildman–Crippen MR) is 144 cm³/mol. The van der Waals surface area contributed by atoms with Crippen LogP contribution in [0.1, 0.15) is 29.7 Å². The van der Waals surface area contributed by atoms with Crippen molar-refractivity contribution in [3.05, 3.63) is 101 Å². The third-order valence-corrected chi connectivity index (χ3v) is 7.35. The van der Waals surface area contributed by atoms with Crippen LogP contribution in [0.25, 0.3) is 5.70 Å². The van der Waals surface area contributed by atoms with E-state index in [1.807, 2.05) is 49.4 Å². The Morgan fingerprint density at radius 3 is 2.32 bits per heavy atom. The fourth-order valence-corrected chi connectivity index (χ4v) is 5.00. The number of aryl methyl sites for hydroxylation is 1. The van der Waals surface area contributed by atoms with Crippen molar-refractivity contribution in [1.29, 1.82) is 0 Å². The molecule has 5 rings (SSSR count). The average Bonchev–Trinajstić information content (AvgIpc) is 3.26. The van der Waals surface area contributed by atoms with Crippen molar-refractivity contribution < 1.29 is 13.2 Å². The number of rotatable bonds is 6. The van der Waals surface area contributed by atoms with Gasteiger partial charge in [-0.05, 0) is 60.5 Å². The zero-order chi connectivity index (χ0) is 26.2. The number of anilines is 3. The zero-order valence-corrected chi connectivity index (χ0v) is 21.5. The summed E-state index contributed by atoms with van der Waals surface area (Å²) < 4.78 is 30.1. The van der Waals surface area contributed by atoms with Crippen LogP contribution < -0.4 is 15.4 Å². The number of nitrogens with zero attached hydrogens (tertiary/aromatic N) is 3. The third kappa shape index (κ3) is 5.35. The second-order valence-corrected chi connectivity index (χ2v) is 10.7. The molecule has 1 atom stereocenters. The Balaban J connectivity index is 1.47. The summed E-state index contributed by atoms with van der Waals surface area (Å²) in [6.07, 6.45) is 2.01. The number of carbonyl (C=O) groups excluding carboxylic acids is 1. The number of halogens is 1. The Labute approximate surface area is 219 Å². The lowest BCUT2D eigenvalue weighted by Gasteiger charge is -2.24. The standard InChI is InChI=1S/C26H23ClN6O3S/c1-16-3-5-19(6-4-16)24-15-23(18-7-9-20(27)10-8-18)29-26-30-25(31-33(24)26)32-37(35,36)22-13-11-21(12-14-22)28-17(2)34/h3-15,24H,1-2H3,(H,28,34)(H2,29,30,31,32)/t24-/m1/s1. The highest BCUT2D eigenvalue weighted by Crippen LogP contribution is 2.34. The maximum atomic E-state index is 13.0. The molecule has 1 aliphatic rings. The lowest BCUT2D eigenvalue weighted by Crippen LogP contribution is -2.20. The summed E-state index contributed by atoms with van der Waals surface area (Å²) in [5.74, 6) is 0.0665. The van der Waals surface area contributed by atoms with Gasteiger partial charge in [0.25, 0.3) is 16.0 Å². The Morgan fingerprint density at radius 1 is 1.00 bits per heavy atom. The predicted octanol–water partition coefficient (Wildman–Crippen LogP) is 5.06. The molecule has 1 amide bonds. The summed E-state index contributed by atoms with van der Waals surface area (Å²) in [7, 11) is -3.98. The van der Waals surface area contributed by atoms with Gasteiger partial charge >= 0.3 is 0 Å². The molecule has 2 heterocycles. The molecule has 1 aliphatic heterocycles. The van der Waals surface area contributed by atoms with Crippen molar-refractivity contribution in [3.8, 4) is 0 Å². The van der Waals surface area contributed by atoms with Crippen molar-refractivity contribution >= 4 is 50.8 Å². The number of hydrogen-bond donors (Lipinski definition) is 3. The van der Waals surface area contributed by atoms with Gasteiger partial charge in [0.15, 0.2) is 0 Å². The summed E-state index contributed by atoms with van der Waals surface area (Å²) in [4.78, 5) is 15.7. The molecule has 0 fully saturated rings. The van der Waals surface area contributed by atoms with Crippen molar-refractivity contribution in [2.75, 3.05) is 15.4 Å². The van der Waals surface area contributed by atoms with E-state index in [0.717, 1.165) is 22.4 Å². The van der Waals surface area contributed by atoms with Gasteiger partial charge in [0.05, 0.1) is 4.90 Å². The molecule has 0 saturated heterocycles. The smallest absolute Gasteiger partial charge is 0.264 e. The summed E-state index contributed by atoms with van der Waals surface area (Å²) >= 11 is 6.07. The minimum Gasteiger partial charge on any atom is -0.326 e. The second kappa shape index (κ2) is 9.72. The largest absolute Gasteiger partial charge is 0.326 e. The highest BCUT2D eigenvalue weighted by atomic mass is 35.5. The number of carbonyl (C=O) groups is 1. The number of benzene rings is 3. The maximum absolute atomic E-state index is 13.0. The van der Waals surface area contributed by atoms with Crippen LogP contribution in [0.5, 0.6) is 0 Å². The lowest BCUT2D eigenvalue weighted by molar-refractivity contribution is -0.114. The maximum Gasteiger partial charge on any atom is 0.264 e. The molecule has 0 unspecified atom stereocenters. The molecule has 4 aromatic rings. The van der Waals surface area contributed by atoms with Crippen LogP contribution in [0.2, 0.25) is 5.02 Å². The Bertz CT molecular complexity index is 1600. The van der Waals surface area contributed by atoms with E-state index >= 15 is 0 Å². The fourth-order valence-electron chi connectivity index (χ4n) is 3.93. The first-order valence-electron chi connectivity index (χ1n) is 11.4. The van der Waals surface area contributed by atoms with E-state index in [4.69, 9.17) is 11.6 Å². The van der Waals surface area contributed by atoms with Gasteiger partial charge in [0.2, 0.25) is 11.9 Å². The SMILES string of the molecule is CC(=O)Nc1ccc(S(=O)(=O)Nc2nc3n(n2)[C@@H](c2ccc(C)cc2)C=C(c2ccc(Cl)cc2)N3)cc1. The molecule has 3 aromatic carbocycles. The number of nitrogens with one attached hydrogen (secondary N) is 3. The van der Waals surface area contributed by atoms with Gasteiger partial charge in [-0.1, -0.05) is 53.6 Å². The van der Waals surface area contributed by atoms with Gasteiger partial charge in [-0.3, -0.25) is 4.79 Å². The van der Waals surface area contributed by atoms with Crippen LogP contribution >= 0.6 is 11.6 Å². The summed E-state index contributed by atoms with van der Waals surface area (Å²) in [5, 5.41) is 11.0. The third-order valence-electron chi connectivity index (χ3n) is 5.75. The van der Waals surface area contributed by atoms with E-state index in [0.29, 0.717) is 16.7 Å². The van der Waals surface area contributed by atoms with E-state index in [2.05, 4.69) is 25.4 Å². The van der Waals surface area contributed by atoms with E-state index in [1.165, 1.54) is 31.2 Å². The number of fused-ring (bicyclic) bond motifs is 1. The van der Waals surface area contributed by atoms with E-state index < -0.39 is 10.0 Å². The topological polar surface area (TPSA) is 118 Å². The molecule has 188 valence electrons. The first kappa shape index (κ1) is 24.5. The normalized spacial score (nSPS) is 14.8. The lowest BCUT2D eigenvalue weighted by atomic mass is 10.0. The molecular formula is C26H23ClN6O3S. The molecule has 0 bridgehead atoms. The molecule has 0 aliphatic carbocycles. The fraction of sp³-hybridized carbons (Fsp3) is 0.115. The van der Waals surface area contributed by atoms with Gasteiger partial charge in [0.1, 0.15) is 6.04 Å². The molecule has 0 saturated carbocycles. The van der Waals surface area contributed by atoms with Crippen molar-refractivity contribution in [3.63, 3.8) is 0 Å². The molecule has 9 nitrogen and oxygen atoms in total. The minimum atomic E-state index is -3.98. The Hall–Kier alpha value is -4.15. The van der Waals surface area contributed by atoms with Crippen molar-refractivity contribution in [2.45, 2.75) is 24.8 Å². The quantitative estimate of drug-likeness (QED) is 0.318. The van der Waals surface area contributed by atoms with E-state index in [-0.39, 0.29) is 22.8 Å². The van der Waals surface area contributed by atoms with Crippen LogP contribution in [-0.4, -0.2) is 29.1 Å². The number of amides is 1. The van der Waals surface area contributed by atoms with Crippen molar-refractivity contribution in [2.24, 2.45) is 0 Å². The van der Waals surface area contributed by atoms with Crippen molar-refractivity contribution in [1.82, 2.24) is 14.8 Å². The van der Waals surface area contributed by atoms with Crippen LogP contribution in [0.3, 0.4) is 0 Å². The molecule has 0 radical (unpaired) electrons. The Kier molecular flexibility index (Phi) is 6.45. The molecular weight excluding hydrogens is 512 g/mol. The van der Waals surface area contributed by atoms with Gasteiger partial charge < -0.3 is 10.6 Å². The number of sulfonamides is 1. The summed E-state index contributed by atoms with van der Waals surface area (Å²) in [6, 6.07) is 20.9. The van der Waals surface area contributed by atoms with Crippen LogP contribution in [-0.2, 0) is 14.8 Å². The summed E-state index contributed by atoms with van der Waals surface area (Å²) in [5.41, 5.74) is 4.28. The molecule has 37 heavy (non-hydrogen) atoms. The first-order valence-corrected chi connectivity index (χ1v) is 13.2. The highest BCUT2D eigenvalue weighted by molar-refractivity contribution is 7.92. The van der Waals surface area contributed by atoms with Gasteiger partial charge in [0, 0.05) is 23.3 Å². The van der Waals surface area contributed by atoms with Gasteiger partial charge in [-0.25, -0.2) is 17.8 Å². The van der Waals surface area contributed by atoms with Crippen LogP contribution in [0.15, 0.2) is 83.8 Å². The van der Waals surface area contributed by atoms with E-state index in [1.54, 1.807) is 16.8 Å². The minimum absolute atomic E-state index is 0.0115. The first-order chi connectivity index (χ1) is 17.7. The highest BCUT2D eigenvalue weighted by Gasteiger charge is 2.27. The zero-order valence-electron chi connectivity index (χ0n) is 19.9. The number of allylic oxidation sites excluding steroid dienone is 1. The molecule has 3 N–H and O–H groups in total. The second-order valence-electron chi connectivity index (χ2n) is 8.58. The Morgan fingerprint density at radius 2 is 1.68 bits per heavy atom.